The summed E-state index contributed by atoms with van der Waals surface area (Å²) in [5.74, 6) is -0.960. The average molecular weight is 545 g/mol. The summed E-state index contributed by atoms with van der Waals surface area (Å²) in [5.41, 5.74) is -1.13. The number of carboxylic acid groups (broad SMARTS) is 1. The lowest BCUT2D eigenvalue weighted by molar-refractivity contribution is -0.164. The minimum atomic E-state index is -1.61. The highest BCUT2D eigenvalue weighted by Crippen LogP contribution is 2.49. The van der Waals surface area contributed by atoms with Crippen LogP contribution in [-0.2, 0) is 14.3 Å². The number of aliphatic carboxylic acids is 1. The van der Waals surface area contributed by atoms with Gasteiger partial charge in [-0.2, -0.15) is 0 Å². The first-order chi connectivity index (χ1) is 18.5. The molecule has 39 heavy (non-hydrogen) atoms. The lowest BCUT2D eigenvalue weighted by atomic mass is 9.70. The molecule has 214 valence electrons. The molecule has 2 amide bonds. The lowest BCUT2D eigenvalue weighted by Crippen LogP contribution is -2.53. The van der Waals surface area contributed by atoms with Crippen molar-refractivity contribution in [3.05, 3.63) is 29.8 Å². The van der Waals surface area contributed by atoms with Gasteiger partial charge in [0.1, 0.15) is 18.0 Å². The fourth-order valence-electron chi connectivity index (χ4n) is 7.28. The number of fused-ring (bicyclic) bond motifs is 2. The number of carbonyl (C=O) groups is 3. The summed E-state index contributed by atoms with van der Waals surface area (Å²) in [5, 5.41) is 16.0. The molecule has 4 saturated carbocycles. The monoisotopic (exact) mass is 544 g/mol. The molecule has 8 atom stereocenters. The summed E-state index contributed by atoms with van der Waals surface area (Å²) in [6.07, 6.45) is 3.22. The van der Waals surface area contributed by atoms with Crippen LogP contribution in [-0.4, -0.2) is 61.0 Å². The molecular weight excluding hydrogens is 503 g/mol. The van der Waals surface area contributed by atoms with E-state index in [1.807, 2.05) is 0 Å². The molecule has 0 aliphatic heterocycles. The van der Waals surface area contributed by atoms with Gasteiger partial charge in [-0.25, -0.2) is 4.39 Å². The van der Waals surface area contributed by atoms with Crippen LogP contribution in [0.2, 0.25) is 0 Å². The van der Waals surface area contributed by atoms with Gasteiger partial charge in [-0.15, -0.1) is 0 Å². The minimum absolute atomic E-state index is 0.0315. The molecule has 0 saturated heterocycles. The molecule has 0 heterocycles. The second kappa shape index (κ2) is 10.7. The number of hydrogen-bond donors (Lipinski definition) is 3. The third kappa shape index (κ3) is 5.26. The zero-order valence-corrected chi connectivity index (χ0v) is 23.1. The van der Waals surface area contributed by atoms with Crippen LogP contribution >= 0.6 is 0 Å². The van der Waals surface area contributed by atoms with Gasteiger partial charge < -0.3 is 25.2 Å². The second-order valence-electron chi connectivity index (χ2n) is 12.8. The molecule has 8 nitrogen and oxygen atoms in total. The van der Waals surface area contributed by atoms with Gasteiger partial charge in [0.15, 0.2) is 0 Å². The molecule has 4 aliphatic rings. The molecule has 0 spiro atoms. The molecule has 1 aromatic rings. The Bertz CT molecular complexity index is 1110. The van der Waals surface area contributed by atoms with Gasteiger partial charge in [0.2, 0.25) is 5.91 Å². The van der Waals surface area contributed by atoms with E-state index in [1.54, 1.807) is 24.3 Å². The number of para-hydroxylation sites is 1. The van der Waals surface area contributed by atoms with Gasteiger partial charge in [0.05, 0.1) is 23.0 Å². The van der Waals surface area contributed by atoms with Crippen molar-refractivity contribution >= 4 is 17.8 Å². The van der Waals surface area contributed by atoms with Gasteiger partial charge >= 0.3 is 5.97 Å². The molecule has 0 aromatic heterocycles. The number of nitrogens with one attached hydrogen (secondary N) is 2. The Morgan fingerprint density at radius 2 is 1.79 bits per heavy atom. The summed E-state index contributed by atoms with van der Waals surface area (Å²) in [6.45, 7) is 4.27. The van der Waals surface area contributed by atoms with Crippen molar-refractivity contribution in [2.24, 2.45) is 28.6 Å². The predicted octanol–water partition coefficient (Wildman–Crippen LogP) is 4.12. The summed E-state index contributed by atoms with van der Waals surface area (Å²) < 4.78 is 26.4. The third-order valence-corrected chi connectivity index (χ3v) is 10.1. The van der Waals surface area contributed by atoms with E-state index in [0.29, 0.717) is 12.1 Å². The number of alkyl halides is 1. The largest absolute Gasteiger partial charge is 0.487 e. The van der Waals surface area contributed by atoms with Gasteiger partial charge in [-0.3, -0.25) is 14.4 Å². The molecule has 4 unspecified atom stereocenters. The van der Waals surface area contributed by atoms with E-state index in [2.05, 4.69) is 17.6 Å². The Balaban J connectivity index is 1.30. The zero-order valence-electron chi connectivity index (χ0n) is 23.1. The van der Waals surface area contributed by atoms with Crippen molar-refractivity contribution in [2.75, 3.05) is 13.7 Å². The topological polar surface area (TPSA) is 114 Å². The summed E-state index contributed by atoms with van der Waals surface area (Å²) in [7, 11) is 1.45. The predicted molar refractivity (Wildman–Crippen MR) is 142 cm³/mol. The van der Waals surface area contributed by atoms with Crippen LogP contribution in [0, 0.1) is 28.6 Å². The van der Waals surface area contributed by atoms with Crippen LogP contribution in [0.4, 0.5) is 4.39 Å². The van der Waals surface area contributed by atoms with Crippen molar-refractivity contribution in [2.45, 2.75) is 89.6 Å². The molecule has 3 N–H and O–H groups in total. The molecule has 0 radical (unpaired) electrons. The fraction of sp³-hybridized carbons (Fsp3) is 0.700. The first-order valence-corrected chi connectivity index (χ1v) is 14.3. The van der Waals surface area contributed by atoms with Crippen LogP contribution in [0.5, 0.6) is 5.75 Å². The maximum Gasteiger partial charge on any atom is 0.312 e. The van der Waals surface area contributed by atoms with Crippen LogP contribution in [0.15, 0.2) is 24.3 Å². The molecule has 4 fully saturated rings. The quantitative estimate of drug-likeness (QED) is 0.431. The first-order valence-electron chi connectivity index (χ1n) is 14.3. The van der Waals surface area contributed by atoms with E-state index < -0.39 is 29.8 Å². The van der Waals surface area contributed by atoms with Crippen molar-refractivity contribution in [3.63, 3.8) is 0 Å². The number of rotatable bonds is 9. The number of carboxylic acids is 1. The summed E-state index contributed by atoms with van der Waals surface area (Å²) in [4.78, 5) is 38.8. The second-order valence-corrected chi connectivity index (χ2v) is 12.8. The zero-order chi connectivity index (χ0) is 27.9. The van der Waals surface area contributed by atoms with E-state index in [1.165, 1.54) is 20.5 Å². The van der Waals surface area contributed by atoms with Gasteiger partial charge in [0.25, 0.3) is 5.91 Å². The number of amides is 2. The molecule has 2 bridgehead atoms. The molecule has 4 aliphatic carbocycles. The Kier molecular flexibility index (Phi) is 7.65. The Morgan fingerprint density at radius 3 is 2.46 bits per heavy atom. The Hall–Kier alpha value is -2.68. The van der Waals surface area contributed by atoms with Crippen LogP contribution in [0.1, 0.15) is 75.6 Å². The lowest BCUT2D eigenvalue weighted by Gasteiger charge is -2.41. The standard InChI is InChI=1S/C30H41FN2O6/c1-29(11-6-12-29)16-32-27(35)24-17-9-10-18(13-17)25(24)33-26(34)19-7-4-5-8-20(19)39-22-15-30(2,28(36)37)23(31)14-21(22)38-3/h4-5,7-8,17-18,21-25H,6,9-16H2,1-3H3,(H,32,35)(H,33,34)(H,36,37)/t17-,18+,21?,22?,23?,24+,25-,30?/m1/s1. The highest BCUT2D eigenvalue weighted by molar-refractivity contribution is 5.97. The van der Waals surface area contributed by atoms with Crippen LogP contribution in [0.25, 0.3) is 0 Å². The Morgan fingerprint density at radius 1 is 1.08 bits per heavy atom. The molecule has 9 heteroatoms. The van der Waals surface area contributed by atoms with E-state index in [0.717, 1.165) is 32.1 Å². The van der Waals surface area contributed by atoms with E-state index in [4.69, 9.17) is 9.47 Å². The van der Waals surface area contributed by atoms with Crippen LogP contribution < -0.4 is 15.4 Å². The van der Waals surface area contributed by atoms with E-state index in [-0.39, 0.29) is 59.6 Å². The maximum atomic E-state index is 14.8. The minimum Gasteiger partial charge on any atom is -0.487 e. The van der Waals surface area contributed by atoms with Crippen molar-refractivity contribution in [3.8, 4) is 5.75 Å². The number of carbonyl (C=O) groups excluding carboxylic acids is 2. The number of halogens is 1. The summed E-state index contributed by atoms with van der Waals surface area (Å²) >= 11 is 0. The van der Waals surface area contributed by atoms with Crippen molar-refractivity contribution < 1.29 is 33.4 Å². The normalized spacial score (nSPS) is 36.6. The van der Waals surface area contributed by atoms with E-state index in [9.17, 15) is 23.9 Å². The smallest absolute Gasteiger partial charge is 0.312 e. The average Bonchev–Trinajstić information content (AvgIpc) is 3.50. The van der Waals surface area contributed by atoms with Crippen LogP contribution in [0.3, 0.4) is 0 Å². The highest BCUT2D eigenvalue weighted by atomic mass is 19.1. The first kappa shape index (κ1) is 27.9. The SMILES string of the molecule is COC1CC(F)C(C)(C(=O)O)CC1Oc1ccccc1C(=O)N[C@@H]1[C@H]2CC[C@H](C2)[C@@H]1C(=O)NCC1(C)CCC1. The van der Waals surface area contributed by atoms with Crippen molar-refractivity contribution in [1.82, 2.24) is 10.6 Å². The molecular formula is C30H41FN2O6. The Labute approximate surface area is 229 Å². The number of hydrogen-bond acceptors (Lipinski definition) is 5. The number of benzene rings is 1. The van der Waals surface area contributed by atoms with Gasteiger partial charge in [-0.1, -0.05) is 25.5 Å². The van der Waals surface area contributed by atoms with E-state index >= 15 is 0 Å². The van der Waals surface area contributed by atoms with Gasteiger partial charge in [-0.05, 0) is 68.4 Å². The maximum absolute atomic E-state index is 14.8. The number of methoxy groups -OCH3 is 1. The summed E-state index contributed by atoms with van der Waals surface area (Å²) in [6, 6.07) is 6.54. The highest BCUT2D eigenvalue weighted by Gasteiger charge is 2.53. The van der Waals surface area contributed by atoms with Gasteiger partial charge in [0, 0.05) is 32.5 Å². The molecule has 1 aromatic carbocycles. The number of ether oxygens (including phenoxy) is 2. The fourth-order valence-corrected chi connectivity index (χ4v) is 7.28. The molecule has 5 rings (SSSR count). The van der Waals surface area contributed by atoms with Crippen molar-refractivity contribution in [1.29, 1.82) is 0 Å². The third-order valence-electron chi connectivity index (χ3n) is 10.1.